The largest absolute Gasteiger partial charge is 0.316 e. The van der Waals surface area contributed by atoms with Gasteiger partial charge in [0, 0.05) is 23.0 Å². The zero-order chi connectivity index (χ0) is 25.4. The van der Waals surface area contributed by atoms with E-state index in [0.717, 1.165) is 26.8 Å². The van der Waals surface area contributed by atoms with Crippen LogP contribution in [0.15, 0.2) is 86.0 Å². The molecule has 11 heteroatoms. The van der Waals surface area contributed by atoms with Crippen LogP contribution in [-0.4, -0.2) is 25.4 Å². The SMILES string of the molecule is Cc1cc(C=Nn2cnc3sc(Sc4ccccc4[N+](=O)[O-])cc3c2=O)c(C)n1-c1ccccc1Cl. The molecule has 0 N–H and O–H groups in total. The van der Waals surface area contributed by atoms with Gasteiger partial charge < -0.3 is 4.57 Å². The fourth-order valence-corrected chi connectivity index (χ4v) is 6.28. The summed E-state index contributed by atoms with van der Waals surface area (Å²) in [4.78, 5) is 29.4. The minimum atomic E-state index is -0.418. The number of halogens is 1. The van der Waals surface area contributed by atoms with Crippen molar-refractivity contribution in [2.45, 2.75) is 23.0 Å². The van der Waals surface area contributed by atoms with Gasteiger partial charge >= 0.3 is 0 Å². The first-order valence-electron chi connectivity index (χ1n) is 10.7. The topological polar surface area (TPSA) is 95.3 Å². The van der Waals surface area contributed by atoms with Crippen LogP contribution in [0.1, 0.15) is 17.0 Å². The summed E-state index contributed by atoms with van der Waals surface area (Å²) >= 11 is 8.94. The highest BCUT2D eigenvalue weighted by Gasteiger charge is 2.17. The molecule has 3 aromatic heterocycles. The zero-order valence-electron chi connectivity index (χ0n) is 19.1. The van der Waals surface area contributed by atoms with Crippen molar-refractivity contribution >= 4 is 56.8 Å². The molecule has 0 unspecified atom stereocenters. The van der Waals surface area contributed by atoms with Crippen LogP contribution in [0.25, 0.3) is 15.9 Å². The summed E-state index contributed by atoms with van der Waals surface area (Å²) in [5.41, 5.74) is 3.34. The fraction of sp³-hybridized carbons (Fsp3) is 0.0800. The first kappa shape index (κ1) is 24.0. The van der Waals surface area contributed by atoms with Crippen LogP contribution < -0.4 is 5.56 Å². The van der Waals surface area contributed by atoms with Gasteiger partial charge in [0.1, 0.15) is 11.2 Å². The number of aryl methyl sites for hydroxylation is 1. The molecule has 0 radical (unpaired) electrons. The number of benzene rings is 2. The van der Waals surface area contributed by atoms with Crippen molar-refractivity contribution in [3.63, 3.8) is 0 Å². The number of fused-ring (bicyclic) bond motifs is 1. The second kappa shape index (κ2) is 9.73. The number of nitro benzene ring substituents is 1. The summed E-state index contributed by atoms with van der Waals surface area (Å²) < 4.78 is 3.96. The standard InChI is InChI=1S/C25H18ClN5O3S2/c1-15-11-17(16(2)30(15)20-8-4-3-7-19(20)26)13-28-29-14-27-24-18(25(29)32)12-23(36-24)35-22-10-6-5-9-21(22)31(33)34/h3-14H,1-2H3. The molecular weight excluding hydrogens is 518 g/mol. The number of aromatic nitrogens is 3. The molecule has 5 rings (SSSR count). The van der Waals surface area contributed by atoms with Gasteiger partial charge in [-0.1, -0.05) is 47.6 Å². The predicted molar refractivity (Wildman–Crippen MR) is 144 cm³/mol. The highest BCUT2D eigenvalue weighted by molar-refractivity contribution is 8.01. The zero-order valence-corrected chi connectivity index (χ0v) is 21.5. The average molecular weight is 536 g/mol. The number of thiophene rings is 1. The molecule has 180 valence electrons. The van der Waals surface area contributed by atoms with Gasteiger partial charge in [-0.15, -0.1) is 11.3 Å². The van der Waals surface area contributed by atoms with Gasteiger partial charge in [-0.05, 0) is 44.2 Å². The molecular formula is C25H18ClN5O3S2. The molecule has 0 atom stereocenters. The average Bonchev–Trinajstić information content (AvgIpc) is 3.39. The van der Waals surface area contributed by atoms with Crippen molar-refractivity contribution in [3.8, 4) is 5.69 Å². The number of nitro groups is 1. The van der Waals surface area contributed by atoms with Crippen molar-refractivity contribution < 1.29 is 4.92 Å². The van der Waals surface area contributed by atoms with E-state index in [9.17, 15) is 14.9 Å². The van der Waals surface area contributed by atoms with E-state index < -0.39 is 4.92 Å². The minimum absolute atomic E-state index is 0.0179. The third kappa shape index (κ3) is 4.46. The van der Waals surface area contributed by atoms with Crippen LogP contribution in [0.4, 0.5) is 5.69 Å². The van der Waals surface area contributed by atoms with E-state index in [2.05, 4.69) is 10.1 Å². The Hall–Kier alpha value is -3.73. The Labute approximate surface area is 218 Å². The van der Waals surface area contributed by atoms with E-state index in [1.165, 1.54) is 40.2 Å². The molecule has 0 fully saturated rings. The molecule has 3 heterocycles. The second-order valence-corrected chi connectivity index (χ2v) is 10.6. The lowest BCUT2D eigenvalue weighted by molar-refractivity contribution is -0.387. The van der Waals surface area contributed by atoms with Crippen molar-refractivity contribution in [2.24, 2.45) is 5.10 Å². The lowest BCUT2D eigenvalue weighted by Crippen LogP contribution is -2.16. The van der Waals surface area contributed by atoms with Crippen LogP contribution in [0, 0.1) is 24.0 Å². The maximum Gasteiger partial charge on any atom is 0.283 e. The molecule has 0 aliphatic carbocycles. The first-order valence-corrected chi connectivity index (χ1v) is 12.8. The van der Waals surface area contributed by atoms with E-state index in [4.69, 9.17) is 11.6 Å². The molecule has 36 heavy (non-hydrogen) atoms. The van der Waals surface area contributed by atoms with Gasteiger partial charge in [0.25, 0.3) is 11.2 Å². The number of rotatable bonds is 6. The molecule has 0 aliphatic heterocycles. The molecule has 0 saturated carbocycles. The van der Waals surface area contributed by atoms with Gasteiger partial charge in [-0.3, -0.25) is 14.9 Å². The van der Waals surface area contributed by atoms with Gasteiger partial charge in [0.2, 0.25) is 0 Å². The number of nitrogens with zero attached hydrogens (tertiary/aromatic N) is 5. The highest BCUT2D eigenvalue weighted by atomic mass is 35.5. The van der Waals surface area contributed by atoms with Gasteiger partial charge in [-0.25, -0.2) is 4.98 Å². The highest BCUT2D eigenvalue weighted by Crippen LogP contribution is 2.39. The van der Waals surface area contributed by atoms with Crippen LogP contribution in [0.2, 0.25) is 5.02 Å². The molecule has 2 aromatic carbocycles. The van der Waals surface area contributed by atoms with Gasteiger partial charge in [0.05, 0.1) is 36.3 Å². The lowest BCUT2D eigenvalue weighted by Gasteiger charge is -2.11. The Morgan fingerprint density at radius 1 is 1.14 bits per heavy atom. The van der Waals surface area contributed by atoms with Gasteiger partial charge in [0.15, 0.2) is 0 Å². The molecule has 0 amide bonds. The summed E-state index contributed by atoms with van der Waals surface area (Å²) in [6, 6.07) is 17.8. The second-order valence-electron chi connectivity index (χ2n) is 7.86. The maximum absolute atomic E-state index is 13.1. The van der Waals surface area contributed by atoms with Crippen molar-refractivity contribution in [3.05, 3.63) is 109 Å². The summed E-state index contributed by atoms with van der Waals surface area (Å²) in [6.07, 6.45) is 3.00. The quantitative estimate of drug-likeness (QED) is 0.141. The van der Waals surface area contributed by atoms with E-state index in [0.29, 0.717) is 20.1 Å². The van der Waals surface area contributed by atoms with Crippen LogP contribution in [0.5, 0.6) is 0 Å². The molecule has 0 bridgehead atoms. The summed E-state index contributed by atoms with van der Waals surface area (Å²) in [5.74, 6) is 0. The Morgan fingerprint density at radius 2 is 1.89 bits per heavy atom. The Morgan fingerprint density at radius 3 is 2.67 bits per heavy atom. The summed E-state index contributed by atoms with van der Waals surface area (Å²) in [5, 5.41) is 16.7. The third-order valence-corrected chi connectivity index (χ3v) is 8.11. The fourth-order valence-electron chi connectivity index (χ4n) is 3.87. The van der Waals surface area contributed by atoms with Crippen molar-refractivity contribution in [1.29, 1.82) is 0 Å². The number of hydrogen-bond donors (Lipinski definition) is 0. The van der Waals surface area contributed by atoms with E-state index in [1.807, 2.05) is 48.7 Å². The predicted octanol–water partition coefficient (Wildman–Crippen LogP) is 6.46. The van der Waals surface area contributed by atoms with Gasteiger partial charge in [-0.2, -0.15) is 9.78 Å². The van der Waals surface area contributed by atoms with Crippen molar-refractivity contribution in [2.75, 3.05) is 0 Å². The van der Waals surface area contributed by atoms with Crippen molar-refractivity contribution in [1.82, 2.24) is 14.2 Å². The Balaban J connectivity index is 1.46. The monoisotopic (exact) mass is 535 g/mol. The van der Waals surface area contributed by atoms with Crippen LogP contribution in [-0.2, 0) is 0 Å². The Kier molecular flexibility index (Phi) is 6.48. The summed E-state index contributed by atoms with van der Waals surface area (Å²) in [7, 11) is 0. The summed E-state index contributed by atoms with van der Waals surface area (Å²) in [6.45, 7) is 3.95. The molecule has 0 aliphatic rings. The minimum Gasteiger partial charge on any atom is -0.316 e. The van der Waals surface area contributed by atoms with E-state index in [1.54, 1.807) is 30.5 Å². The van der Waals surface area contributed by atoms with Crippen LogP contribution in [0.3, 0.4) is 0 Å². The maximum atomic E-state index is 13.1. The number of hydrogen-bond acceptors (Lipinski definition) is 7. The molecule has 0 spiro atoms. The smallest absolute Gasteiger partial charge is 0.283 e. The normalized spacial score (nSPS) is 11.5. The number of para-hydroxylation sites is 2. The molecule has 0 saturated heterocycles. The molecule has 8 nitrogen and oxygen atoms in total. The lowest BCUT2D eigenvalue weighted by atomic mass is 10.2. The molecule has 5 aromatic rings. The van der Waals surface area contributed by atoms with E-state index >= 15 is 0 Å². The van der Waals surface area contributed by atoms with E-state index in [-0.39, 0.29) is 11.2 Å². The van der Waals surface area contributed by atoms with Crippen LogP contribution >= 0.6 is 34.7 Å². The first-order chi connectivity index (χ1) is 17.3. The third-order valence-electron chi connectivity index (χ3n) is 5.57. The Bertz CT molecular complexity index is 1720.